The number of halogens is 1. The van der Waals surface area contributed by atoms with Crippen LogP contribution in [0.5, 0.6) is 11.5 Å². The molecule has 0 N–H and O–H groups in total. The molecule has 0 saturated heterocycles. The van der Waals surface area contributed by atoms with Crippen molar-refractivity contribution in [2.24, 2.45) is 0 Å². The van der Waals surface area contributed by atoms with Gasteiger partial charge in [0, 0.05) is 11.6 Å². The van der Waals surface area contributed by atoms with Gasteiger partial charge in [-0.3, -0.25) is 9.59 Å². The molecule has 0 bridgehead atoms. The molecule has 1 atom stereocenters. The van der Waals surface area contributed by atoms with E-state index in [0.717, 1.165) is 16.7 Å². The van der Waals surface area contributed by atoms with E-state index in [9.17, 15) is 9.59 Å². The van der Waals surface area contributed by atoms with Gasteiger partial charge in [0.2, 0.25) is 5.76 Å². The highest BCUT2D eigenvalue weighted by Crippen LogP contribution is 2.39. The molecule has 35 heavy (non-hydrogen) atoms. The summed E-state index contributed by atoms with van der Waals surface area (Å²) in [5.74, 6) is 1.05. The average Bonchev–Trinajstić information content (AvgIpc) is 3.15. The number of benzene rings is 3. The summed E-state index contributed by atoms with van der Waals surface area (Å²) in [5.41, 5.74) is 3.30. The Bertz CT molecular complexity index is 1490. The first-order valence-corrected chi connectivity index (χ1v) is 11.6. The van der Waals surface area contributed by atoms with Crippen LogP contribution in [0.2, 0.25) is 5.02 Å². The number of carbonyl (C=O) groups is 1. The van der Waals surface area contributed by atoms with Crippen LogP contribution >= 0.6 is 11.6 Å². The summed E-state index contributed by atoms with van der Waals surface area (Å²) < 4.78 is 16.8. The molecular formula is C28H24ClNO5. The fourth-order valence-corrected chi connectivity index (χ4v) is 4.77. The monoisotopic (exact) mass is 489 g/mol. The minimum atomic E-state index is -0.573. The van der Waals surface area contributed by atoms with Crippen LogP contribution in [0, 0.1) is 6.92 Å². The van der Waals surface area contributed by atoms with Crippen molar-refractivity contribution >= 4 is 28.5 Å². The Morgan fingerprint density at radius 3 is 2.40 bits per heavy atom. The molecule has 1 aromatic heterocycles. The first-order chi connectivity index (χ1) is 16.9. The molecule has 3 aromatic carbocycles. The minimum absolute atomic E-state index is 0.0959. The zero-order valence-corrected chi connectivity index (χ0v) is 20.4. The Balaban J connectivity index is 1.58. The number of fused-ring (bicyclic) bond motifs is 2. The quantitative estimate of drug-likeness (QED) is 0.354. The smallest absolute Gasteiger partial charge is 0.290 e. The predicted molar refractivity (Wildman–Crippen MR) is 135 cm³/mol. The van der Waals surface area contributed by atoms with Gasteiger partial charge in [-0.1, -0.05) is 41.4 Å². The molecule has 0 fully saturated rings. The van der Waals surface area contributed by atoms with Gasteiger partial charge in [-0.25, -0.2) is 0 Å². The Labute approximate surface area is 207 Å². The lowest BCUT2D eigenvalue weighted by Gasteiger charge is -2.25. The maximum absolute atomic E-state index is 13.6. The van der Waals surface area contributed by atoms with Crippen molar-refractivity contribution in [1.29, 1.82) is 0 Å². The average molecular weight is 490 g/mol. The summed E-state index contributed by atoms with van der Waals surface area (Å²) in [7, 11) is 3.17. The molecule has 0 radical (unpaired) electrons. The number of hydrogen-bond acceptors (Lipinski definition) is 5. The van der Waals surface area contributed by atoms with Crippen LogP contribution in [-0.4, -0.2) is 31.6 Å². The van der Waals surface area contributed by atoms with Crippen LogP contribution in [0.1, 0.15) is 38.9 Å². The second-order valence-corrected chi connectivity index (χ2v) is 9.00. The van der Waals surface area contributed by atoms with E-state index in [-0.39, 0.29) is 17.1 Å². The lowest BCUT2D eigenvalue weighted by molar-refractivity contribution is 0.0730. The molecule has 178 valence electrons. The van der Waals surface area contributed by atoms with Crippen molar-refractivity contribution in [1.82, 2.24) is 4.90 Å². The number of hydrogen-bond donors (Lipinski definition) is 0. The van der Waals surface area contributed by atoms with Gasteiger partial charge in [0.25, 0.3) is 5.91 Å². The van der Waals surface area contributed by atoms with E-state index in [1.165, 1.54) is 0 Å². The molecule has 1 aliphatic heterocycles. The summed E-state index contributed by atoms with van der Waals surface area (Å²) in [5, 5.41) is 1.05. The van der Waals surface area contributed by atoms with Crippen LogP contribution in [0.25, 0.3) is 11.0 Å². The van der Waals surface area contributed by atoms with Crippen LogP contribution in [-0.2, 0) is 6.42 Å². The van der Waals surface area contributed by atoms with Crippen molar-refractivity contribution in [2.45, 2.75) is 19.4 Å². The fraction of sp³-hybridized carbons (Fsp3) is 0.214. The molecule has 1 amide bonds. The van der Waals surface area contributed by atoms with E-state index >= 15 is 0 Å². The van der Waals surface area contributed by atoms with Gasteiger partial charge < -0.3 is 18.8 Å². The van der Waals surface area contributed by atoms with Gasteiger partial charge >= 0.3 is 0 Å². The number of carbonyl (C=O) groups excluding carboxylic acids is 1. The number of nitrogens with zero attached hydrogens (tertiary/aromatic N) is 1. The largest absolute Gasteiger partial charge is 0.493 e. The first kappa shape index (κ1) is 23.0. The Kier molecular flexibility index (Phi) is 5.99. The second kappa shape index (κ2) is 9.12. The van der Waals surface area contributed by atoms with Crippen molar-refractivity contribution in [3.63, 3.8) is 0 Å². The molecule has 7 heteroatoms. The molecular weight excluding hydrogens is 466 g/mol. The molecule has 6 nitrogen and oxygen atoms in total. The number of methoxy groups -OCH3 is 2. The van der Waals surface area contributed by atoms with E-state index in [4.69, 9.17) is 25.5 Å². The first-order valence-electron chi connectivity index (χ1n) is 11.3. The standard InChI is InChI=1S/C28H24ClNO5/c1-16-4-10-21-20(14-16)26(31)24-25(18-6-8-19(29)9-7-18)30(28(32)27(24)35-21)13-12-17-5-11-22(33-2)23(15-17)34-3/h4-11,14-15,25H,12-13H2,1-3H3/t25-/m1/s1. The molecule has 0 unspecified atom stereocenters. The van der Waals surface area contributed by atoms with Gasteiger partial charge in [-0.05, 0) is 60.9 Å². The van der Waals surface area contributed by atoms with Crippen molar-refractivity contribution in [2.75, 3.05) is 20.8 Å². The maximum Gasteiger partial charge on any atom is 0.290 e. The Hall–Kier alpha value is -3.77. The van der Waals surface area contributed by atoms with E-state index in [2.05, 4.69) is 0 Å². The van der Waals surface area contributed by atoms with Crippen LogP contribution in [0.3, 0.4) is 0 Å². The lowest BCUT2D eigenvalue weighted by Crippen LogP contribution is -2.31. The molecule has 4 aromatic rings. The normalized spacial score (nSPS) is 14.9. The third-order valence-corrected chi connectivity index (χ3v) is 6.65. The predicted octanol–water partition coefficient (Wildman–Crippen LogP) is 5.56. The SMILES string of the molecule is COc1ccc(CCN2C(=O)c3oc4ccc(C)cc4c(=O)c3[C@H]2c2ccc(Cl)cc2)cc1OC. The van der Waals surface area contributed by atoms with Crippen molar-refractivity contribution < 1.29 is 18.7 Å². The summed E-state index contributed by atoms with van der Waals surface area (Å²) in [6.45, 7) is 2.30. The number of aryl methyl sites for hydroxylation is 1. The van der Waals surface area contributed by atoms with Gasteiger partial charge in [0.05, 0.1) is 31.2 Å². The van der Waals surface area contributed by atoms with E-state index in [0.29, 0.717) is 46.0 Å². The highest BCUT2D eigenvalue weighted by molar-refractivity contribution is 6.30. The summed E-state index contributed by atoms with van der Waals surface area (Å²) in [6.07, 6.45) is 0.553. The maximum atomic E-state index is 13.6. The molecule has 0 spiro atoms. The zero-order chi connectivity index (χ0) is 24.7. The summed E-state index contributed by atoms with van der Waals surface area (Å²) in [6, 6.07) is 17.7. The number of rotatable bonds is 6. The highest BCUT2D eigenvalue weighted by Gasteiger charge is 2.42. The van der Waals surface area contributed by atoms with Crippen molar-refractivity contribution in [3.8, 4) is 11.5 Å². The van der Waals surface area contributed by atoms with E-state index < -0.39 is 6.04 Å². The van der Waals surface area contributed by atoms with Crippen molar-refractivity contribution in [3.05, 3.63) is 104 Å². The highest BCUT2D eigenvalue weighted by atomic mass is 35.5. The molecule has 0 saturated carbocycles. The third kappa shape index (κ3) is 4.04. The summed E-state index contributed by atoms with van der Waals surface area (Å²) >= 11 is 6.12. The van der Waals surface area contributed by atoms with E-state index in [1.807, 2.05) is 43.3 Å². The number of amides is 1. The minimum Gasteiger partial charge on any atom is -0.493 e. The second-order valence-electron chi connectivity index (χ2n) is 8.57. The summed E-state index contributed by atoms with van der Waals surface area (Å²) in [4.78, 5) is 28.9. The Morgan fingerprint density at radius 2 is 1.69 bits per heavy atom. The Morgan fingerprint density at radius 1 is 0.943 bits per heavy atom. The molecule has 0 aliphatic carbocycles. The van der Waals surface area contributed by atoms with Gasteiger partial charge in [-0.2, -0.15) is 0 Å². The van der Waals surface area contributed by atoms with Crippen LogP contribution in [0.15, 0.2) is 69.9 Å². The fourth-order valence-electron chi connectivity index (χ4n) is 4.64. The molecule has 2 heterocycles. The van der Waals surface area contributed by atoms with Gasteiger partial charge in [-0.15, -0.1) is 0 Å². The molecule has 5 rings (SSSR count). The van der Waals surface area contributed by atoms with E-state index in [1.54, 1.807) is 43.4 Å². The topological polar surface area (TPSA) is 69.0 Å². The van der Waals surface area contributed by atoms with Gasteiger partial charge in [0.15, 0.2) is 16.9 Å². The van der Waals surface area contributed by atoms with Gasteiger partial charge in [0.1, 0.15) is 5.58 Å². The molecule has 1 aliphatic rings. The zero-order valence-electron chi connectivity index (χ0n) is 19.6. The lowest BCUT2D eigenvalue weighted by atomic mass is 9.98. The van der Waals surface area contributed by atoms with Crippen LogP contribution < -0.4 is 14.9 Å². The number of ether oxygens (including phenoxy) is 2. The third-order valence-electron chi connectivity index (χ3n) is 6.40. The van der Waals surface area contributed by atoms with Crippen LogP contribution in [0.4, 0.5) is 0 Å².